The minimum Gasteiger partial charge on any atom is -0.326 e. The first kappa shape index (κ1) is 16.3. The Kier molecular flexibility index (Phi) is 5.35. The van der Waals surface area contributed by atoms with E-state index >= 15 is 0 Å². The minimum absolute atomic E-state index is 0.255. The van der Waals surface area contributed by atoms with Crippen molar-refractivity contribution in [3.8, 4) is 0 Å². The molecule has 0 aliphatic heterocycles. The molecule has 0 saturated carbocycles. The van der Waals surface area contributed by atoms with Crippen LogP contribution < -0.4 is 10.6 Å². The van der Waals surface area contributed by atoms with Crippen molar-refractivity contribution in [1.29, 1.82) is 0 Å². The first-order valence-corrected chi connectivity index (χ1v) is 7.00. The summed E-state index contributed by atoms with van der Waals surface area (Å²) in [6.07, 6.45) is -0.418. The molecule has 0 aliphatic rings. The van der Waals surface area contributed by atoms with Gasteiger partial charge in [-0.25, -0.2) is 4.39 Å². The number of para-hydroxylation sites is 1. The number of carbonyl (C=O) groups excluding carboxylic acids is 2. The highest BCUT2D eigenvalue weighted by molar-refractivity contribution is 6.39. The first-order chi connectivity index (χ1) is 10.5. The molecule has 2 aromatic rings. The molecule has 2 aromatic carbocycles. The number of rotatable bonds is 4. The number of nitrogens with one attached hydrogen (secondary N) is 2. The Balaban J connectivity index is 1.94. The molecule has 0 fully saturated rings. The van der Waals surface area contributed by atoms with Gasteiger partial charge in [0.05, 0.1) is 15.7 Å². The maximum absolute atomic E-state index is 12.8. The lowest BCUT2D eigenvalue weighted by molar-refractivity contribution is -0.123. The van der Waals surface area contributed by atoms with E-state index in [2.05, 4.69) is 10.6 Å². The summed E-state index contributed by atoms with van der Waals surface area (Å²) in [6, 6.07) is 10.00. The van der Waals surface area contributed by atoms with Crippen LogP contribution in [-0.2, 0) is 9.59 Å². The predicted molar refractivity (Wildman–Crippen MR) is 84.7 cm³/mol. The quantitative estimate of drug-likeness (QED) is 0.823. The highest BCUT2D eigenvalue weighted by Crippen LogP contribution is 2.29. The zero-order valence-electron chi connectivity index (χ0n) is 11.2. The molecule has 0 aromatic heterocycles. The van der Waals surface area contributed by atoms with Crippen molar-refractivity contribution < 1.29 is 14.0 Å². The summed E-state index contributed by atoms with van der Waals surface area (Å²) >= 11 is 11.8. The molecule has 2 amide bonds. The van der Waals surface area contributed by atoms with Crippen molar-refractivity contribution >= 4 is 46.4 Å². The average molecular weight is 341 g/mol. The molecule has 22 heavy (non-hydrogen) atoms. The van der Waals surface area contributed by atoms with Gasteiger partial charge < -0.3 is 10.6 Å². The number of hydrogen-bond acceptors (Lipinski definition) is 2. The summed E-state index contributed by atoms with van der Waals surface area (Å²) < 4.78 is 12.8. The Morgan fingerprint density at radius 2 is 1.45 bits per heavy atom. The maximum Gasteiger partial charge on any atom is 0.233 e. The van der Waals surface area contributed by atoms with Gasteiger partial charge in [0.25, 0.3) is 0 Å². The second-order valence-electron chi connectivity index (χ2n) is 4.38. The van der Waals surface area contributed by atoms with Gasteiger partial charge >= 0.3 is 0 Å². The second-order valence-corrected chi connectivity index (χ2v) is 5.19. The van der Waals surface area contributed by atoms with Crippen LogP contribution in [0.2, 0.25) is 10.0 Å². The minimum atomic E-state index is -0.561. The van der Waals surface area contributed by atoms with E-state index in [0.717, 1.165) is 0 Å². The number of halogens is 3. The third-order valence-electron chi connectivity index (χ3n) is 2.68. The molecule has 0 radical (unpaired) electrons. The zero-order chi connectivity index (χ0) is 16.1. The number of anilines is 2. The fraction of sp³-hybridized carbons (Fsp3) is 0.0667. The normalized spacial score (nSPS) is 10.1. The van der Waals surface area contributed by atoms with Crippen molar-refractivity contribution in [3.63, 3.8) is 0 Å². The van der Waals surface area contributed by atoms with Crippen molar-refractivity contribution in [1.82, 2.24) is 0 Å². The summed E-state index contributed by atoms with van der Waals surface area (Å²) in [7, 11) is 0. The molecule has 0 atom stereocenters. The number of benzene rings is 2. The topological polar surface area (TPSA) is 58.2 Å². The monoisotopic (exact) mass is 340 g/mol. The van der Waals surface area contributed by atoms with E-state index in [1.165, 1.54) is 24.3 Å². The summed E-state index contributed by atoms with van der Waals surface area (Å²) in [6.45, 7) is 0. The molecule has 0 spiro atoms. The number of carbonyl (C=O) groups is 2. The van der Waals surface area contributed by atoms with Gasteiger partial charge in [0.1, 0.15) is 12.2 Å². The van der Waals surface area contributed by atoms with E-state index in [1.807, 2.05) is 0 Å². The molecule has 114 valence electrons. The van der Waals surface area contributed by atoms with E-state index in [1.54, 1.807) is 18.2 Å². The molecule has 0 saturated heterocycles. The predicted octanol–water partition coefficient (Wildman–Crippen LogP) is 4.10. The van der Waals surface area contributed by atoms with Gasteiger partial charge in [0.2, 0.25) is 11.8 Å². The van der Waals surface area contributed by atoms with Crippen LogP contribution in [0, 0.1) is 5.82 Å². The Labute approximate surface area is 136 Å². The van der Waals surface area contributed by atoms with Gasteiger partial charge in [-0.15, -0.1) is 0 Å². The van der Waals surface area contributed by atoms with Gasteiger partial charge in [-0.1, -0.05) is 29.3 Å². The molecule has 0 unspecified atom stereocenters. The van der Waals surface area contributed by atoms with Crippen LogP contribution in [0.5, 0.6) is 0 Å². The van der Waals surface area contributed by atoms with Crippen LogP contribution in [0.4, 0.5) is 15.8 Å². The number of hydrogen-bond donors (Lipinski definition) is 2. The number of amides is 2. The molecule has 2 rings (SSSR count). The van der Waals surface area contributed by atoms with Gasteiger partial charge in [0.15, 0.2) is 0 Å². The molecule has 0 bridgehead atoms. The Hall–Kier alpha value is -2.11. The van der Waals surface area contributed by atoms with Crippen molar-refractivity contribution in [2.45, 2.75) is 6.42 Å². The lowest BCUT2D eigenvalue weighted by Crippen LogP contribution is -2.21. The molecule has 0 heterocycles. The van der Waals surface area contributed by atoms with Crippen LogP contribution in [0.3, 0.4) is 0 Å². The first-order valence-electron chi connectivity index (χ1n) is 6.25. The highest BCUT2D eigenvalue weighted by Gasteiger charge is 2.13. The Bertz CT molecular complexity index is 685. The molecule has 4 nitrogen and oxygen atoms in total. The summed E-state index contributed by atoms with van der Waals surface area (Å²) in [5, 5.41) is 5.52. The zero-order valence-corrected chi connectivity index (χ0v) is 12.7. The third kappa shape index (κ3) is 4.44. The highest BCUT2D eigenvalue weighted by atomic mass is 35.5. The fourth-order valence-electron chi connectivity index (χ4n) is 1.69. The van der Waals surface area contributed by atoms with Crippen LogP contribution >= 0.6 is 23.2 Å². The third-order valence-corrected chi connectivity index (χ3v) is 3.31. The van der Waals surface area contributed by atoms with Crippen LogP contribution in [0.1, 0.15) is 6.42 Å². The van der Waals surface area contributed by atoms with Crippen LogP contribution in [0.25, 0.3) is 0 Å². The molecule has 7 heteroatoms. The lowest BCUT2D eigenvalue weighted by Gasteiger charge is -2.09. The van der Waals surface area contributed by atoms with Crippen molar-refractivity contribution in [2.75, 3.05) is 10.6 Å². The smallest absolute Gasteiger partial charge is 0.233 e. The standard InChI is InChI=1S/C15H11Cl2FN2O2/c16-11-2-1-3-12(17)15(11)20-14(22)8-13(21)19-10-6-4-9(18)5-7-10/h1-7H,8H2,(H,19,21)(H,20,22). The molecular weight excluding hydrogens is 330 g/mol. The van der Waals surface area contributed by atoms with Crippen LogP contribution in [-0.4, -0.2) is 11.8 Å². The van der Waals surface area contributed by atoms with E-state index in [0.29, 0.717) is 5.69 Å². The van der Waals surface area contributed by atoms with Gasteiger partial charge in [-0.2, -0.15) is 0 Å². The van der Waals surface area contributed by atoms with E-state index in [9.17, 15) is 14.0 Å². The van der Waals surface area contributed by atoms with E-state index < -0.39 is 24.1 Å². The van der Waals surface area contributed by atoms with Gasteiger partial charge in [-0.3, -0.25) is 9.59 Å². The van der Waals surface area contributed by atoms with E-state index in [-0.39, 0.29) is 15.7 Å². The summed E-state index contributed by atoms with van der Waals surface area (Å²) in [5.41, 5.74) is 0.653. The van der Waals surface area contributed by atoms with Gasteiger partial charge in [0, 0.05) is 5.69 Å². The fourth-order valence-corrected chi connectivity index (χ4v) is 2.18. The van der Waals surface area contributed by atoms with E-state index in [4.69, 9.17) is 23.2 Å². The Morgan fingerprint density at radius 3 is 2.05 bits per heavy atom. The van der Waals surface area contributed by atoms with Crippen LogP contribution in [0.15, 0.2) is 42.5 Å². The Morgan fingerprint density at radius 1 is 0.909 bits per heavy atom. The largest absolute Gasteiger partial charge is 0.326 e. The van der Waals surface area contributed by atoms with Crippen molar-refractivity contribution in [3.05, 3.63) is 58.3 Å². The SMILES string of the molecule is O=C(CC(=O)Nc1c(Cl)cccc1Cl)Nc1ccc(F)cc1. The summed E-state index contributed by atoms with van der Waals surface area (Å²) in [5.74, 6) is -1.51. The lowest BCUT2D eigenvalue weighted by atomic mass is 10.2. The maximum atomic E-state index is 12.8. The molecular formula is C15H11Cl2FN2O2. The second kappa shape index (κ2) is 7.24. The van der Waals surface area contributed by atoms with Crippen molar-refractivity contribution in [2.24, 2.45) is 0 Å². The molecule has 2 N–H and O–H groups in total. The van der Waals surface area contributed by atoms with Gasteiger partial charge in [-0.05, 0) is 36.4 Å². The average Bonchev–Trinajstić information content (AvgIpc) is 2.45. The summed E-state index contributed by atoms with van der Waals surface area (Å²) in [4.78, 5) is 23.6. The molecule has 0 aliphatic carbocycles.